The Balaban J connectivity index is 1.71. The Hall–Kier alpha value is -2.61. The van der Waals surface area contributed by atoms with Crippen LogP contribution < -0.4 is 5.32 Å². The number of esters is 2. The van der Waals surface area contributed by atoms with Crippen LogP contribution in [0, 0.1) is 11.8 Å². The smallest absolute Gasteiger partial charge is 0.341 e. The third kappa shape index (κ3) is 3.96. The first-order chi connectivity index (χ1) is 12.5. The van der Waals surface area contributed by atoms with Gasteiger partial charge in [-0.1, -0.05) is 6.92 Å². The summed E-state index contributed by atoms with van der Waals surface area (Å²) < 4.78 is 15.4. The molecule has 1 N–H and O–H groups in total. The van der Waals surface area contributed by atoms with Crippen molar-refractivity contribution in [3.8, 4) is 11.3 Å². The van der Waals surface area contributed by atoms with Crippen molar-refractivity contribution >= 4 is 34.2 Å². The zero-order chi connectivity index (χ0) is 18.7. The van der Waals surface area contributed by atoms with Crippen LogP contribution in [-0.2, 0) is 19.1 Å². The van der Waals surface area contributed by atoms with Crippen molar-refractivity contribution in [2.45, 2.75) is 20.3 Å². The SMILES string of the molecule is CCOC(=O)c1c(-c2ccco2)csc1NC(=O)COC(=O)[C@@H]1C[C@H]1C. The molecule has 1 amide bonds. The topological polar surface area (TPSA) is 94.8 Å². The molecule has 138 valence electrons. The van der Waals surface area contributed by atoms with E-state index in [2.05, 4.69) is 5.32 Å². The number of rotatable bonds is 7. The van der Waals surface area contributed by atoms with E-state index < -0.39 is 18.5 Å². The van der Waals surface area contributed by atoms with Crippen LogP contribution in [0.5, 0.6) is 0 Å². The molecule has 3 rings (SSSR count). The molecule has 7 nitrogen and oxygen atoms in total. The first kappa shape index (κ1) is 18.2. The second-order valence-corrected chi connectivity index (χ2v) is 6.91. The molecule has 0 unspecified atom stereocenters. The fourth-order valence-corrected chi connectivity index (χ4v) is 3.48. The van der Waals surface area contributed by atoms with Crippen molar-refractivity contribution in [2.24, 2.45) is 11.8 Å². The van der Waals surface area contributed by atoms with Crippen molar-refractivity contribution in [1.29, 1.82) is 0 Å². The summed E-state index contributed by atoms with van der Waals surface area (Å²) in [4.78, 5) is 36.1. The summed E-state index contributed by atoms with van der Waals surface area (Å²) in [5, 5.41) is 4.65. The minimum absolute atomic E-state index is 0.106. The molecule has 2 aromatic heterocycles. The molecular weight excluding hydrogens is 358 g/mol. The molecule has 2 atom stereocenters. The van der Waals surface area contributed by atoms with E-state index in [4.69, 9.17) is 13.9 Å². The first-order valence-electron chi connectivity index (χ1n) is 8.30. The molecule has 26 heavy (non-hydrogen) atoms. The number of furan rings is 1. The lowest BCUT2D eigenvalue weighted by Crippen LogP contribution is -2.22. The Labute approximate surface area is 154 Å². The first-order valence-corrected chi connectivity index (χ1v) is 9.18. The van der Waals surface area contributed by atoms with Crippen LogP contribution in [-0.4, -0.2) is 31.1 Å². The molecule has 0 spiro atoms. The summed E-state index contributed by atoms with van der Waals surface area (Å²) in [7, 11) is 0. The highest BCUT2D eigenvalue weighted by Gasteiger charge is 2.40. The largest absolute Gasteiger partial charge is 0.464 e. The van der Waals surface area contributed by atoms with Gasteiger partial charge in [0.25, 0.3) is 5.91 Å². The van der Waals surface area contributed by atoms with Crippen LogP contribution in [0.25, 0.3) is 11.3 Å². The second kappa shape index (κ2) is 7.74. The third-order valence-corrected chi connectivity index (χ3v) is 4.96. The van der Waals surface area contributed by atoms with E-state index in [0.29, 0.717) is 22.2 Å². The van der Waals surface area contributed by atoms with Crippen LogP contribution >= 0.6 is 11.3 Å². The van der Waals surface area contributed by atoms with E-state index in [-0.39, 0.29) is 24.1 Å². The van der Waals surface area contributed by atoms with Gasteiger partial charge in [-0.25, -0.2) is 4.79 Å². The van der Waals surface area contributed by atoms with Crippen LogP contribution in [0.3, 0.4) is 0 Å². The number of thiophene rings is 1. The molecule has 1 fully saturated rings. The van der Waals surface area contributed by atoms with Crippen molar-refractivity contribution < 1.29 is 28.3 Å². The molecular formula is C18H19NO6S. The lowest BCUT2D eigenvalue weighted by Gasteiger charge is -2.08. The van der Waals surface area contributed by atoms with Gasteiger partial charge in [-0.05, 0) is 31.4 Å². The van der Waals surface area contributed by atoms with Gasteiger partial charge in [0.05, 0.1) is 18.8 Å². The van der Waals surface area contributed by atoms with Gasteiger partial charge in [0.1, 0.15) is 16.3 Å². The maximum Gasteiger partial charge on any atom is 0.341 e. The summed E-state index contributed by atoms with van der Waals surface area (Å²) in [5.74, 6) is -0.719. The average molecular weight is 377 g/mol. The Morgan fingerprint density at radius 1 is 1.35 bits per heavy atom. The van der Waals surface area contributed by atoms with Crippen molar-refractivity contribution in [2.75, 3.05) is 18.5 Å². The molecule has 1 saturated carbocycles. The van der Waals surface area contributed by atoms with Crippen LogP contribution in [0.2, 0.25) is 0 Å². The maximum atomic E-state index is 12.3. The van der Waals surface area contributed by atoms with E-state index in [1.54, 1.807) is 24.4 Å². The average Bonchev–Trinajstić information content (AvgIpc) is 3.03. The number of nitrogens with one attached hydrogen (secondary N) is 1. The van der Waals surface area contributed by atoms with Gasteiger partial charge in [-0.15, -0.1) is 11.3 Å². The Bertz CT molecular complexity index is 810. The quantitative estimate of drug-likeness (QED) is 0.744. The zero-order valence-corrected chi connectivity index (χ0v) is 15.3. The van der Waals surface area contributed by atoms with Gasteiger partial charge in [-0.3, -0.25) is 9.59 Å². The summed E-state index contributed by atoms with van der Waals surface area (Å²) in [6.45, 7) is 3.47. The monoisotopic (exact) mass is 377 g/mol. The normalized spacial score (nSPS) is 18.2. The highest BCUT2D eigenvalue weighted by molar-refractivity contribution is 7.15. The number of anilines is 1. The van der Waals surface area contributed by atoms with Crippen LogP contribution in [0.15, 0.2) is 28.2 Å². The third-order valence-electron chi connectivity index (χ3n) is 4.07. The van der Waals surface area contributed by atoms with E-state index in [9.17, 15) is 14.4 Å². The molecule has 0 saturated heterocycles. The molecule has 0 aliphatic heterocycles. The molecule has 1 aliphatic carbocycles. The zero-order valence-electron chi connectivity index (χ0n) is 14.4. The summed E-state index contributed by atoms with van der Waals surface area (Å²) >= 11 is 1.18. The minimum Gasteiger partial charge on any atom is -0.464 e. The highest BCUT2D eigenvalue weighted by atomic mass is 32.1. The predicted octanol–water partition coefficient (Wildman–Crippen LogP) is 3.32. The molecule has 2 aromatic rings. The fraction of sp³-hybridized carbons (Fsp3) is 0.389. The Kier molecular flexibility index (Phi) is 5.41. The molecule has 2 heterocycles. The van der Waals surface area contributed by atoms with Gasteiger partial charge >= 0.3 is 11.9 Å². The Morgan fingerprint density at radius 3 is 2.73 bits per heavy atom. The summed E-state index contributed by atoms with van der Waals surface area (Å²) in [6.07, 6.45) is 2.30. The number of ether oxygens (including phenoxy) is 2. The summed E-state index contributed by atoms with van der Waals surface area (Å²) in [6, 6.07) is 3.42. The lowest BCUT2D eigenvalue weighted by atomic mass is 10.1. The van der Waals surface area contributed by atoms with E-state index >= 15 is 0 Å². The minimum atomic E-state index is -0.556. The van der Waals surface area contributed by atoms with Crippen LogP contribution in [0.4, 0.5) is 5.00 Å². The predicted molar refractivity (Wildman–Crippen MR) is 94.8 cm³/mol. The fourth-order valence-electron chi connectivity index (χ4n) is 2.53. The number of hydrogen-bond donors (Lipinski definition) is 1. The number of amides is 1. The van der Waals surface area contributed by atoms with Gasteiger partial charge < -0.3 is 19.2 Å². The Morgan fingerprint density at radius 2 is 2.12 bits per heavy atom. The standard InChI is InChI=1S/C18H19NO6S/c1-3-23-18(22)15-12(13-5-4-6-24-13)9-26-16(15)19-14(20)8-25-17(21)11-7-10(11)2/h4-6,9-11H,3,7-8H2,1-2H3,(H,19,20)/t10-,11-/m1/s1. The number of carbonyl (C=O) groups is 3. The lowest BCUT2D eigenvalue weighted by molar-refractivity contribution is -0.148. The molecule has 0 radical (unpaired) electrons. The molecule has 0 aromatic carbocycles. The van der Waals surface area contributed by atoms with Crippen molar-refractivity contribution in [3.63, 3.8) is 0 Å². The number of carbonyl (C=O) groups excluding carboxylic acids is 3. The molecule has 8 heteroatoms. The van der Waals surface area contributed by atoms with E-state index in [1.165, 1.54) is 17.6 Å². The maximum absolute atomic E-state index is 12.3. The van der Waals surface area contributed by atoms with Crippen molar-refractivity contribution in [3.05, 3.63) is 29.3 Å². The van der Waals surface area contributed by atoms with Gasteiger partial charge in [0, 0.05) is 10.9 Å². The van der Waals surface area contributed by atoms with E-state index in [0.717, 1.165) is 6.42 Å². The number of hydrogen-bond acceptors (Lipinski definition) is 7. The van der Waals surface area contributed by atoms with Gasteiger partial charge in [0.2, 0.25) is 0 Å². The van der Waals surface area contributed by atoms with Crippen LogP contribution in [0.1, 0.15) is 30.6 Å². The van der Waals surface area contributed by atoms with Gasteiger partial charge in [-0.2, -0.15) is 0 Å². The van der Waals surface area contributed by atoms with Gasteiger partial charge in [0.15, 0.2) is 6.61 Å². The van der Waals surface area contributed by atoms with Crippen molar-refractivity contribution in [1.82, 2.24) is 0 Å². The molecule has 0 bridgehead atoms. The highest BCUT2D eigenvalue weighted by Crippen LogP contribution is 2.39. The second-order valence-electron chi connectivity index (χ2n) is 6.03. The molecule has 1 aliphatic rings. The van der Waals surface area contributed by atoms with E-state index in [1.807, 2.05) is 6.92 Å². The summed E-state index contributed by atoms with van der Waals surface area (Å²) in [5.41, 5.74) is 0.764.